The van der Waals surface area contributed by atoms with Crippen molar-refractivity contribution in [2.24, 2.45) is 0 Å². The van der Waals surface area contributed by atoms with Crippen LogP contribution in [0.25, 0.3) is 0 Å². The highest BCUT2D eigenvalue weighted by atomic mass is 32.2. The van der Waals surface area contributed by atoms with E-state index in [2.05, 4.69) is 11.2 Å². The predicted molar refractivity (Wildman–Crippen MR) is 71.9 cm³/mol. The van der Waals surface area contributed by atoms with Gasteiger partial charge >= 0.3 is 0 Å². The number of rotatable bonds is 4. The molecule has 0 fully saturated rings. The number of fused-ring (bicyclic) bond motifs is 1. The van der Waals surface area contributed by atoms with Crippen LogP contribution in [0.3, 0.4) is 0 Å². The fourth-order valence-electron chi connectivity index (χ4n) is 2.27. The van der Waals surface area contributed by atoms with Crippen molar-refractivity contribution in [3.05, 3.63) is 29.8 Å². The minimum absolute atomic E-state index is 0.127. The third kappa shape index (κ3) is 2.74. The summed E-state index contributed by atoms with van der Waals surface area (Å²) in [6, 6.07) is 7.38. The lowest BCUT2D eigenvalue weighted by Gasteiger charge is -2.26. The van der Waals surface area contributed by atoms with Crippen molar-refractivity contribution in [1.82, 2.24) is 5.32 Å². The molecule has 1 aliphatic heterocycles. The van der Waals surface area contributed by atoms with Crippen LogP contribution in [0.5, 0.6) is 0 Å². The van der Waals surface area contributed by atoms with Gasteiger partial charge in [-0.2, -0.15) is 0 Å². The van der Waals surface area contributed by atoms with Crippen molar-refractivity contribution in [2.45, 2.75) is 30.2 Å². The Morgan fingerprint density at radius 1 is 1.39 bits per heavy atom. The Hall–Kier alpha value is -1.31. The summed E-state index contributed by atoms with van der Waals surface area (Å²) >= 11 is 0. The molecule has 1 atom stereocenters. The van der Waals surface area contributed by atoms with Gasteiger partial charge in [0.25, 0.3) is 0 Å². The minimum Gasteiger partial charge on any atom is -0.310 e. The van der Waals surface area contributed by atoms with Crippen molar-refractivity contribution in [3.63, 3.8) is 0 Å². The Morgan fingerprint density at radius 2 is 2.17 bits per heavy atom. The molecule has 96 valence electrons. The summed E-state index contributed by atoms with van der Waals surface area (Å²) in [7, 11) is -3.08. The molecular formula is C14H17NO2S. The topological polar surface area (TPSA) is 46.2 Å². The van der Waals surface area contributed by atoms with E-state index in [1.165, 1.54) is 0 Å². The van der Waals surface area contributed by atoms with Crippen LogP contribution in [0.1, 0.15) is 30.9 Å². The van der Waals surface area contributed by atoms with Gasteiger partial charge < -0.3 is 5.32 Å². The van der Waals surface area contributed by atoms with Crippen molar-refractivity contribution >= 4 is 9.84 Å². The highest BCUT2D eigenvalue weighted by Crippen LogP contribution is 2.31. The van der Waals surface area contributed by atoms with E-state index in [9.17, 15) is 8.42 Å². The van der Waals surface area contributed by atoms with E-state index in [1.54, 1.807) is 12.1 Å². The monoisotopic (exact) mass is 263 g/mol. The summed E-state index contributed by atoms with van der Waals surface area (Å²) in [6.07, 6.45) is 7.51. The third-order valence-corrected chi connectivity index (χ3v) is 5.01. The number of unbranched alkanes of at least 4 members (excludes halogenated alkanes) is 1. The zero-order valence-corrected chi connectivity index (χ0v) is 11.0. The maximum Gasteiger partial charge on any atom is 0.178 e. The van der Waals surface area contributed by atoms with E-state index in [4.69, 9.17) is 6.42 Å². The number of hydrogen-bond acceptors (Lipinski definition) is 3. The molecule has 0 saturated carbocycles. The molecule has 1 heterocycles. The molecule has 1 N–H and O–H groups in total. The molecule has 1 aliphatic rings. The fourth-order valence-corrected chi connectivity index (χ4v) is 3.89. The minimum atomic E-state index is -3.08. The number of nitrogens with one attached hydrogen (secondary N) is 1. The van der Waals surface area contributed by atoms with Gasteiger partial charge in [-0.1, -0.05) is 18.2 Å². The van der Waals surface area contributed by atoms with Crippen molar-refractivity contribution < 1.29 is 8.42 Å². The van der Waals surface area contributed by atoms with E-state index >= 15 is 0 Å². The predicted octanol–water partition coefficient (Wildman–Crippen LogP) is 1.91. The Balaban J connectivity index is 2.14. The van der Waals surface area contributed by atoms with E-state index in [0.29, 0.717) is 11.3 Å². The summed E-state index contributed by atoms with van der Waals surface area (Å²) in [5.41, 5.74) is 0.893. The van der Waals surface area contributed by atoms with Gasteiger partial charge in [0.1, 0.15) is 0 Å². The summed E-state index contributed by atoms with van der Waals surface area (Å²) < 4.78 is 23.9. The van der Waals surface area contributed by atoms with E-state index in [1.807, 2.05) is 12.1 Å². The van der Waals surface area contributed by atoms with Crippen LogP contribution in [0.15, 0.2) is 29.2 Å². The largest absolute Gasteiger partial charge is 0.310 e. The number of sulfone groups is 1. The molecule has 0 amide bonds. The molecule has 0 radical (unpaired) electrons. The van der Waals surface area contributed by atoms with Gasteiger partial charge in [0.05, 0.1) is 10.6 Å². The van der Waals surface area contributed by atoms with Crippen LogP contribution in [-0.2, 0) is 9.84 Å². The SMILES string of the molecule is C#CCCCNC1CCS(=O)(=O)c2ccccc21. The Morgan fingerprint density at radius 3 is 2.94 bits per heavy atom. The first kappa shape index (κ1) is 13.1. The molecule has 1 aromatic carbocycles. The average molecular weight is 263 g/mol. The lowest BCUT2D eigenvalue weighted by atomic mass is 10.0. The second-order valence-electron chi connectivity index (χ2n) is 4.46. The summed E-state index contributed by atoms with van der Waals surface area (Å²) in [4.78, 5) is 0.477. The molecule has 18 heavy (non-hydrogen) atoms. The van der Waals surface area contributed by atoms with Crippen LogP contribution in [0, 0.1) is 12.3 Å². The van der Waals surface area contributed by atoms with Crippen LogP contribution >= 0.6 is 0 Å². The summed E-state index contributed by atoms with van der Waals surface area (Å²) in [5.74, 6) is 2.82. The normalized spacial score (nSPS) is 20.9. The Kier molecular flexibility index (Phi) is 4.05. The zero-order valence-electron chi connectivity index (χ0n) is 10.2. The zero-order chi connectivity index (χ0) is 13.0. The number of terminal acetylenes is 1. The van der Waals surface area contributed by atoms with Crippen molar-refractivity contribution in [1.29, 1.82) is 0 Å². The molecule has 1 aromatic rings. The highest BCUT2D eigenvalue weighted by molar-refractivity contribution is 7.91. The first-order valence-corrected chi connectivity index (χ1v) is 7.79. The molecule has 0 aromatic heterocycles. The number of hydrogen-bond donors (Lipinski definition) is 1. The second-order valence-corrected chi connectivity index (χ2v) is 6.54. The van der Waals surface area contributed by atoms with Gasteiger partial charge in [0, 0.05) is 12.5 Å². The second kappa shape index (κ2) is 5.55. The van der Waals surface area contributed by atoms with E-state index < -0.39 is 9.84 Å². The lowest BCUT2D eigenvalue weighted by molar-refractivity contribution is 0.488. The molecule has 4 heteroatoms. The first-order chi connectivity index (χ1) is 8.65. The van der Waals surface area contributed by atoms with Crippen LogP contribution in [-0.4, -0.2) is 20.7 Å². The molecule has 0 spiro atoms. The lowest BCUT2D eigenvalue weighted by Crippen LogP contribution is -2.30. The Bertz CT molecular complexity index is 557. The quantitative estimate of drug-likeness (QED) is 0.667. The van der Waals surface area contributed by atoms with Crippen LogP contribution in [0.2, 0.25) is 0 Å². The van der Waals surface area contributed by atoms with Crippen LogP contribution < -0.4 is 5.32 Å². The van der Waals surface area contributed by atoms with E-state index in [0.717, 1.165) is 24.9 Å². The molecule has 3 nitrogen and oxygen atoms in total. The molecule has 1 unspecified atom stereocenters. The Labute approximate surface area is 109 Å². The molecule has 0 aliphatic carbocycles. The molecule has 2 rings (SSSR count). The van der Waals surface area contributed by atoms with Crippen LogP contribution in [0.4, 0.5) is 0 Å². The summed E-state index contributed by atoms with van der Waals surface area (Å²) in [6.45, 7) is 0.823. The average Bonchev–Trinajstić information content (AvgIpc) is 2.37. The number of benzene rings is 1. The first-order valence-electron chi connectivity index (χ1n) is 6.13. The standard InChI is InChI=1S/C14H17NO2S/c1-2-3-6-10-15-13-9-11-18(16,17)14-8-5-4-7-12(13)14/h1,4-5,7-8,13,15H,3,6,9-11H2. The maximum absolute atomic E-state index is 11.9. The molecule has 0 bridgehead atoms. The van der Waals surface area contributed by atoms with Crippen molar-refractivity contribution in [2.75, 3.05) is 12.3 Å². The fraction of sp³-hybridized carbons (Fsp3) is 0.429. The molecular weight excluding hydrogens is 246 g/mol. The maximum atomic E-state index is 11.9. The summed E-state index contributed by atoms with van der Waals surface area (Å²) in [5, 5.41) is 3.39. The van der Waals surface area contributed by atoms with E-state index in [-0.39, 0.29) is 11.8 Å². The van der Waals surface area contributed by atoms with Gasteiger partial charge in [0.2, 0.25) is 0 Å². The smallest absolute Gasteiger partial charge is 0.178 e. The van der Waals surface area contributed by atoms with Gasteiger partial charge in [-0.3, -0.25) is 0 Å². The van der Waals surface area contributed by atoms with Crippen molar-refractivity contribution in [3.8, 4) is 12.3 Å². The third-order valence-electron chi connectivity index (χ3n) is 3.19. The van der Waals surface area contributed by atoms with Gasteiger partial charge in [-0.05, 0) is 31.0 Å². The molecule has 0 saturated heterocycles. The van der Waals surface area contributed by atoms with Gasteiger partial charge in [-0.25, -0.2) is 8.42 Å². The van der Waals surface area contributed by atoms with Gasteiger partial charge in [0.15, 0.2) is 9.84 Å². The van der Waals surface area contributed by atoms with Gasteiger partial charge in [-0.15, -0.1) is 12.3 Å². The highest BCUT2D eigenvalue weighted by Gasteiger charge is 2.29.